The van der Waals surface area contributed by atoms with E-state index in [0.29, 0.717) is 5.82 Å². The number of hydrogen-bond acceptors (Lipinski definition) is 5. The van der Waals surface area contributed by atoms with Crippen molar-refractivity contribution in [2.45, 2.75) is 19.1 Å². The summed E-state index contributed by atoms with van der Waals surface area (Å²) in [6.45, 7) is 0.00748. The van der Waals surface area contributed by atoms with Gasteiger partial charge >= 0.3 is 0 Å². The number of nitrogens with one attached hydrogen (secondary N) is 1. The van der Waals surface area contributed by atoms with Crippen LogP contribution in [-0.2, 0) is 13.6 Å². The maximum atomic E-state index is 11.8. The van der Waals surface area contributed by atoms with Gasteiger partial charge in [-0.05, 0) is 5.21 Å². The molecule has 0 aliphatic heterocycles. The van der Waals surface area contributed by atoms with Crippen LogP contribution in [0, 0.1) is 0 Å². The number of rotatable bonds is 5. The molecule has 0 radical (unpaired) electrons. The Balaban J connectivity index is 2.22. The summed E-state index contributed by atoms with van der Waals surface area (Å²) >= 11 is 0. The van der Waals surface area contributed by atoms with Crippen LogP contribution in [0.4, 0.5) is 8.78 Å². The van der Waals surface area contributed by atoms with Gasteiger partial charge in [0.05, 0.1) is 13.6 Å². The highest BCUT2D eigenvalue weighted by Crippen LogP contribution is 1.98. The topological polar surface area (TPSA) is 75.9 Å². The summed E-state index contributed by atoms with van der Waals surface area (Å²) in [5, 5.41) is 22.3. The lowest BCUT2D eigenvalue weighted by molar-refractivity contribution is -0.00348. The largest absolute Gasteiger partial charge is 0.386 e. The van der Waals surface area contributed by atoms with Crippen LogP contribution in [0.2, 0.25) is 0 Å². The highest BCUT2D eigenvalue weighted by molar-refractivity contribution is 4.75. The first-order valence-corrected chi connectivity index (χ1v) is 3.99. The molecule has 0 saturated carbocycles. The summed E-state index contributed by atoms with van der Waals surface area (Å²) in [5.41, 5.74) is 0. The van der Waals surface area contributed by atoms with E-state index < -0.39 is 12.5 Å². The molecular weight excluding hydrogens is 196 g/mol. The third-order valence-electron chi connectivity index (χ3n) is 1.48. The van der Waals surface area contributed by atoms with Gasteiger partial charge in [-0.3, -0.25) is 0 Å². The lowest BCUT2D eigenvalue weighted by atomic mass is 10.3. The number of aliphatic hydroxyl groups is 1. The van der Waals surface area contributed by atoms with E-state index >= 15 is 0 Å². The molecule has 1 rings (SSSR count). The summed E-state index contributed by atoms with van der Waals surface area (Å²) in [6.07, 6.45) is -4.40. The monoisotopic (exact) mass is 207 g/mol. The zero-order valence-electron chi connectivity index (χ0n) is 7.56. The fraction of sp³-hybridized carbons (Fsp3) is 0.833. The Morgan fingerprint density at radius 1 is 1.57 bits per heavy atom. The first kappa shape index (κ1) is 10.9. The Morgan fingerprint density at radius 2 is 2.29 bits per heavy atom. The predicted octanol–water partition coefficient (Wildman–Crippen LogP) is -1.07. The third-order valence-corrected chi connectivity index (χ3v) is 1.48. The number of aromatic nitrogens is 4. The van der Waals surface area contributed by atoms with Crippen LogP contribution in [-0.4, -0.2) is 44.4 Å². The van der Waals surface area contributed by atoms with E-state index in [2.05, 4.69) is 20.7 Å². The summed E-state index contributed by atoms with van der Waals surface area (Å²) < 4.78 is 23.6. The van der Waals surface area contributed by atoms with Crippen LogP contribution in [0.15, 0.2) is 0 Å². The van der Waals surface area contributed by atoms with E-state index in [4.69, 9.17) is 5.11 Å². The van der Waals surface area contributed by atoms with Gasteiger partial charge in [-0.1, -0.05) is 0 Å². The molecule has 0 aromatic carbocycles. The van der Waals surface area contributed by atoms with E-state index in [9.17, 15) is 8.78 Å². The van der Waals surface area contributed by atoms with Crippen molar-refractivity contribution in [1.82, 2.24) is 25.5 Å². The molecule has 0 saturated heterocycles. The number of aliphatic hydroxyl groups excluding tert-OH is 1. The lowest BCUT2D eigenvalue weighted by Crippen LogP contribution is -2.32. The third kappa shape index (κ3) is 3.30. The van der Waals surface area contributed by atoms with Crippen molar-refractivity contribution in [3.8, 4) is 0 Å². The molecule has 1 atom stereocenters. The molecule has 0 bridgehead atoms. The minimum atomic E-state index is -2.74. The molecule has 1 heterocycles. The molecule has 0 aliphatic carbocycles. The van der Waals surface area contributed by atoms with E-state index in [1.807, 2.05) is 0 Å². The second-order valence-corrected chi connectivity index (χ2v) is 2.73. The Hall–Kier alpha value is -1.15. The highest BCUT2D eigenvalue weighted by Gasteiger charge is 2.15. The first-order valence-electron chi connectivity index (χ1n) is 3.99. The van der Waals surface area contributed by atoms with Gasteiger partial charge in [0.2, 0.25) is 0 Å². The minimum absolute atomic E-state index is 0.198. The molecular formula is C6H11F2N5O. The van der Waals surface area contributed by atoms with Gasteiger partial charge in [-0.25, -0.2) is 8.78 Å². The van der Waals surface area contributed by atoms with Crippen LogP contribution in [0.5, 0.6) is 0 Å². The predicted molar refractivity (Wildman–Crippen MR) is 42.5 cm³/mol. The van der Waals surface area contributed by atoms with Crippen molar-refractivity contribution in [3.63, 3.8) is 0 Å². The van der Waals surface area contributed by atoms with Crippen molar-refractivity contribution < 1.29 is 13.9 Å². The maximum absolute atomic E-state index is 11.8. The van der Waals surface area contributed by atoms with Crippen molar-refractivity contribution in [2.24, 2.45) is 7.05 Å². The Labute approximate surface area is 78.9 Å². The second-order valence-electron chi connectivity index (χ2n) is 2.73. The van der Waals surface area contributed by atoms with Gasteiger partial charge in [0.15, 0.2) is 5.82 Å². The minimum Gasteiger partial charge on any atom is -0.386 e. The normalized spacial score (nSPS) is 13.5. The number of alkyl halides is 2. The molecule has 1 aromatic heterocycles. The number of aryl methyl sites for hydroxylation is 1. The molecule has 0 aliphatic rings. The Bertz CT molecular complexity index is 279. The van der Waals surface area contributed by atoms with Crippen LogP contribution >= 0.6 is 0 Å². The van der Waals surface area contributed by atoms with Crippen LogP contribution < -0.4 is 5.32 Å². The average molecular weight is 207 g/mol. The zero-order chi connectivity index (χ0) is 10.6. The molecule has 14 heavy (non-hydrogen) atoms. The Kier molecular flexibility index (Phi) is 3.84. The van der Waals surface area contributed by atoms with E-state index in [1.165, 1.54) is 4.80 Å². The highest BCUT2D eigenvalue weighted by atomic mass is 19.3. The fourth-order valence-corrected chi connectivity index (χ4v) is 0.815. The van der Waals surface area contributed by atoms with Crippen molar-refractivity contribution in [3.05, 3.63) is 5.82 Å². The van der Waals surface area contributed by atoms with Crippen molar-refractivity contribution >= 4 is 0 Å². The van der Waals surface area contributed by atoms with Gasteiger partial charge in [-0.15, -0.1) is 10.2 Å². The van der Waals surface area contributed by atoms with Crippen LogP contribution in [0.1, 0.15) is 5.82 Å². The van der Waals surface area contributed by atoms with Crippen molar-refractivity contribution in [1.29, 1.82) is 0 Å². The summed E-state index contributed by atoms with van der Waals surface area (Å²) in [5.74, 6) is 0.397. The average Bonchev–Trinajstić information content (AvgIpc) is 2.51. The fourth-order valence-electron chi connectivity index (χ4n) is 0.815. The number of nitrogens with zero attached hydrogens (tertiary/aromatic N) is 4. The van der Waals surface area contributed by atoms with Crippen LogP contribution in [0.25, 0.3) is 0 Å². The standard InChI is InChI=1S/C6H11F2N5O/c1-13-11-5(10-12-13)3-9-2-4(14)6(7)8/h4,6,9,14H,2-3H2,1H3. The number of halogens is 2. The number of tetrazole rings is 1. The SMILES string of the molecule is Cn1nnc(CNCC(O)C(F)F)n1. The zero-order valence-corrected chi connectivity index (χ0v) is 7.56. The van der Waals surface area contributed by atoms with Gasteiger partial charge in [0, 0.05) is 6.54 Å². The maximum Gasteiger partial charge on any atom is 0.265 e. The van der Waals surface area contributed by atoms with Gasteiger partial charge < -0.3 is 10.4 Å². The molecule has 80 valence electrons. The molecule has 6 nitrogen and oxygen atoms in total. The quantitative estimate of drug-likeness (QED) is 0.642. The summed E-state index contributed by atoms with van der Waals surface area (Å²) in [6, 6.07) is 0. The molecule has 0 fully saturated rings. The van der Waals surface area contributed by atoms with E-state index in [-0.39, 0.29) is 13.1 Å². The smallest absolute Gasteiger partial charge is 0.265 e. The molecule has 8 heteroatoms. The Morgan fingerprint density at radius 3 is 2.79 bits per heavy atom. The lowest BCUT2D eigenvalue weighted by Gasteiger charge is -2.08. The molecule has 0 spiro atoms. The molecule has 0 amide bonds. The molecule has 1 unspecified atom stereocenters. The first-order chi connectivity index (χ1) is 6.59. The summed E-state index contributed by atoms with van der Waals surface area (Å²) in [4.78, 5) is 1.26. The second kappa shape index (κ2) is 4.91. The van der Waals surface area contributed by atoms with E-state index in [1.54, 1.807) is 7.05 Å². The van der Waals surface area contributed by atoms with Gasteiger partial charge in [-0.2, -0.15) is 4.80 Å². The molecule has 2 N–H and O–H groups in total. The van der Waals surface area contributed by atoms with Crippen LogP contribution in [0.3, 0.4) is 0 Å². The molecule has 1 aromatic rings. The van der Waals surface area contributed by atoms with Gasteiger partial charge in [0.25, 0.3) is 6.43 Å². The van der Waals surface area contributed by atoms with E-state index in [0.717, 1.165) is 0 Å². The van der Waals surface area contributed by atoms with Crippen molar-refractivity contribution in [2.75, 3.05) is 6.54 Å². The summed E-state index contributed by atoms with van der Waals surface area (Å²) in [7, 11) is 1.60. The number of hydrogen-bond donors (Lipinski definition) is 2. The van der Waals surface area contributed by atoms with Gasteiger partial charge in [0.1, 0.15) is 6.10 Å².